The number of hydrogen-bond acceptors (Lipinski definition) is 1. The van der Waals surface area contributed by atoms with Gasteiger partial charge in [-0.15, -0.1) is 0 Å². The van der Waals surface area contributed by atoms with E-state index in [4.69, 9.17) is 0 Å². The van der Waals surface area contributed by atoms with E-state index in [-0.39, 0.29) is 11.7 Å². The van der Waals surface area contributed by atoms with Crippen LogP contribution in [0, 0.1) is 12.7 Å². The molecule has 4 heteroatoms. The van der Waals surface area contributed by atoms with Crippen LogP contribution >= 0.6 is 0 Å². The predicted octanol–water partition coefficient (Wildman–Crippen LogP) is 4.53. The monoisotopic (exact) mass is 310 g/mol. The van der Waals surface area contributed by atoms with Crippen molar-refractivity contribution in [3.63, 3.8) is 0 Å². The first kappa shape index (κ1) is 15.3. The number of amides is 1. The van der Waals surface area contributed by atoms with Crippen molar-refractivity contribution in [2.45, 2.75) is 26.2 Å². The summed E-state index contributed by atoms with van der Waals surface area (Å²) in [5.41, 5.74) is 2.68. The van der Waals surface area contributed by atoms with Crippen LogP contribution in [0.3, 0.4) is 0 Å². The quantitative estimate of drug-likeness (QED) is 0.733. The highest BCUT2D eigenvalue weighted by atomic mass is 19.1. The Labute approximate surface area is 134 Å². The van der Waals surface area contributed by atoms with Crippen molar-refractivity contribution in [3.8, 4) is 0 Å². The van der Waals surface area contributed by atoms with E-state index in [1.807, 2.05) is 45.0 Å². The van der Waals surface area contributed by atoms with Crippen LogP contribution in [0.2, 0.25) is 0 Å². The molecule has 0 spiro atoms. The zero-order valence-electron chi connectivity index (χ0n) is 13.4. The van der Waals surface area contributed by atoms with Gasteiger partial charge < -0.3 is 10.3 Å². The van der Waals surface area contributed by atoms with Crippen LogP contribution in [0.5, 0.6) is 0 Å². The van der Waals surface area contributed by atoms with Gasteiger partial charge in [0.05, 0.1) is 5.41 Å². The Morgan fingerprint density at radius 3 is 2.52 bits per heavy atom. The second-order valence-electron chi connectivity index (χ2n) is 6.34. The van der Waals surface area contributed by atoms with Gasteiger partial charge in [-0.2, -0.15) is 0 Å². The number of benzene rings is 2. The number of anilines is 1. The summed E-state index contributed by atoms with van der Waals surface area (Å²) < 4.78 is 13.6. The Morgan fingerprint density at radius 1 is 1.13 bits per heavy atom. The van der Waals surface area contributed by atoms with E-state index in [2.05, 4.69) is 10.3 Å². The number of aromatic amines is 1. The van der Waals surface area contributed by atoms with Gasteiger partial charge in [0, 0.05) is 22.8 Å². The topological polar surface area (TPSA) is 44.9 Å². The molecule has 0 aliphatic carbocycles. The molecular weight excluding hydrogens is 291 g/mol. The number of aryl methyl sites for hydroxylation is 1. The molecule has 0 bridgehead atoms. The molecular formula is C19H19FN2O. The third kappa shape index (κ3) is 2.84. The fourth-order valence-corrected chi connectivity index (χ4v) is 2.66. The first-order chi connectivity index (χ1) is 10.9. The van der Waals surface area contributed by atoms with Gasteiger partial charge in [0.2, 0.25) is 5.91 Å². The lowest BCUT2D eigenvalue weighted by Gasteiger charge is -2.23. The first-order valence-corrected chi connectivity index (χ1v) is 7.53. The number of hydrogen-bond donors (Lipinski definition) is 2. The van der Waals surface area contributed by atoms with Crippen LogP contribution < -0.4 is 5.32 Å². The van der Waals surface area contributed by atoms with E-state index in [0.717, 1.165) is 27.7 Å². The van der Waals surface area contributed by atoms with Crippen molar-refractivity contribution in [1.82, 2.24) is 4.98 Å². The number of carbonyl (C=O) groups is 1. The highest BCUT2D eigenvalue weighted by molar-refractivity contribution is 6.01. The molecule has 1 amide bonds. The van der Waals surface area contributed by atoms with E-state index >= 15 is 0 Å². The largest absolute Gasteiger partial charge is 0.361 e. The van der Waals surface area contributed by atoms with Gasteiger partial charge in [-0.05, 0) is 56.7 Å². The summed E-state index contributed by atoms with van der Waals surface area (Å²) in [7, 11) is 0. The van der Waals surface area contributed by atoms with Crippen LogP contribution in [0.4, 0.5) is 10.1 Å². The molecule has 3 aromatic rings. The maximum Gasteiger partial charge on any atom is 0.234 e. The SMILES string of the molecule is Cc1ccc(NC(=O)C(C)(C)c2c[nH]c3ccc(F)cc23)cc1. The van der Waals surface area contributed by atoms with Crippen LogP contribution in [0.25, 0.3) is 10.9 Å². The molecule has 0 aliphatic rings. The number of aromatic nitrogens is 1. The molecule has 0 aliphatic heterocycles. The van der Waals surface area contributed by atoms with Gasteiger partial charge in [-0.1, -0.05) is 17.7 Å². The number of nitrogens with one attached hydrogen (secondary N) is 2. The summed E-state index contributed by atoms with van der Waals surface area (Å²) in [6.45, 7) is 5.67. The Kier molecular flexibility index (Phi) is 3.68. The maximum atomic E-state index is 13.6. The predicted molar refractivity (Wildman–Crippen MR) is 91.1 cm³/mol. The summed E-state index contributed by atoms with van der Waals surface area (Å²) in [6, 6.07) is 12.2. The first-order valence-electron chi connectivity index (χ1n) is 7.53. The Balaban J connectivity index is 1.94. The number of halogens is 1. The lowest BCUT2D eigenvalue weighted by molar-refractivity contribution is -0.120. The third-order valence-electron chi connectivity index (χ3n) is 4.19. The minimum Gasteiger partial charge on any atom is -0.361 e. The summed E-state index contributed by atoms with van der Waals surface area (Å²) in [6.07, 6.45) is 1.78. The van der Waals surface area contributed by atoms with Gasteiger partial charge >= 0.3 is 0 Å². The molecule has 1 aromatic heterocycles. The third-order valence-corrected chi connectivity index (χ3v) is 4.19. The van der Waals surface area contributed by atoms with Crippen LogP contribution in [-0.4, -0.2) is 10.9 Å². The van der Waals surface area contributed by atoms with E-state index in [1.165, 1.54) is 12.1 Å². The number of fused-ring (bicyclic) bond motifs is 1. The Morgan fingerprint density at radius 2 is 1.83 bits per heavy atom. The van der Waals surface area contributed by atoms with Crippen molar-refractivity contribution >= 4 is 22.5 Å². The minimum absolute atomic E-state index is 0.133. The van der Waals surface area contributed by atoms with Crippen LogP contribution in [-0.2, 0) is 10.2 Å². The lowest BCUT2D eigenvalue weighted by atomic mass is 9.83. The molecule has 0 radical (unpaired) electrons. The van der Waals surface area contributed by atoms with Crippen molar-refractivity contribution in [3.05, 3.63) is 65.6 Å². The second-order valence-corrected chi connectivity index (χ2v) is 6.34. The second kappa shape index (κ2) is 5.54. The highest BCUT2D eigenvalue weighted by Gasteiger charge is 2.32. The van der Waals surface area contributed by atoms with Crippen molar-refractivity contribution < 1.29 is 9.18 Å². The summed E-state index contributed by atoms with van der Waals surface area (Å²) in [5.74, 6) is -0.445. The van der Waals surface area contributed by atoms with E-state index < -0.39 is 5.41 Å². The van der Waals surface area contributed by atoms with Gasteiger partial charge in [-0.3, -0.25) is 4.79 Å². The van der Waals surface area contributed by atoms with Gasteiger partial charge in [0.25, 0.3) is 0 Å². The van der Waals surface area contributed by atoms with Crippen molar-refractivity contribution in [1.29, 1.82) is 0 Å². The summed E-state index contributed by atoms with van der Waals surface area (Å²) in [5, 5.41) is 3.66. The van der Waals surface area contributed by atoms with Gasteiger partial charge in [0.1, 0.15) is 5.82 Å². The molecule has 3 rings (SSSR count). The van der Waals surface area contributed by atoms with Crippen LogP contribution in [0.15, 0.2) is 48.7 Å². The molecule has 0 fully saturated rings. The fraction of sp³-hybridized carbons (Fsp3) is 0.211. The molecule has 118 valence electrons. The molecule has 23 heavy (non-hydrogen) atoms. The molecule has 2 aromatic carbocycles. The normalized spacial score (nSPS) is 11.7. The van der Waals surface area contributed by atoms with E-state index in [1.54, 1.807) is 12.3 Å². The summed E-state index contributed by atoms with van der Waals surface area (Å²) >= 11 is 0. The van der Waals surface area contributed by atoms with Crippen LogP contribution in [0.1, 0.15) is 25.0 Å². The zero-order chi connectivity index (χ0) is 16.6. The molecule has 0 unspecified atom stereocenters. The van der Waals surface area contributed by atoms with E-state index in [9.17, 15) is 9.18 Å². The van der Waals surface area contributed by atoms with E-state index in [0.29, 0.717) is 0 Å². The fourth-order valence-electron chi connectivity index (χ4n) is 2.66. The molecule has 0 atom stereocenters. The van der Waals surface area contributed by atoms with Crippen molar-refractivity contribution in [2.75, 3.05) is 5.32 Å². The van der Waals surface area contributed by atoms with Crippen molar-refractivity contribution in [2.24, 2.45) is 0 Å². The van der Waals surface area contributed by atoms with Gasteiger partial charge in [0.15, 0.2) is 0 Å². The molecule has 3 nitrogen and oxygen atoms in total. The average molecular weight is 310 g/mol. The highest BCUT2D eigenvalue weighted by Crippen LogP contribution is 2.32. The molecule has 0 saturated heterocycles. The molecule has 1 heterocycles. The standard InChI is InChI=1S/C19H19FN2O/c1-12-4-7-14(8-5-12)22-18(23)19(2,3)16-11-21-17-9-6-13(20)10-15(16)17/h4-11,21H,1-3H3,(H,22,23). The lowest BCUT2D eigenvalue weighted by Crippen LogP contribution is -2.34. The summed E-state index contributed by atoms with van der Waals surface area (Å²) in [4.78, 5) is 15.8. The maximum absolute atomic E-state index is 13.6. The molecule has 0 saturated carbocycles. The molecule has 2 N–H and O–H groups in total. The zero-order valence-corrected chi connectivity index (χ0v) is 13.4. The Hall–Kier alpha value is -2.62. The van der Waals surface area contributed by atoms with Gasteiger partial charge in [-0.25, -0.2) is 4.39 Å². The smallest absolute Gasteiger partial charge is 0.234 e. The minimum atomic E-state index is -0.795. The number of carbonyl (C=O) groups excluding carboxylic acids is 1. The number of rotatable bonds is 3. The Bertz CT molecular complexity index is 863. The average Bonchev–Trinajstić information content (AvgIpc) is 2.93. The number of H-pyrrole nitrogens is 1.